The minimum atomic E-state index is -1.01. The van der Waals surface area contributed by atoms with Gasteiger partial charge in [0.2, 0.25) is 0 Å². The predicted molar refractivity (Wildman–Crippen MR) is 60.9 cm³/mol. The molecule has 0 aromatic rings. The molecule has 0 aromatic heterocycles. The summed E-state index contributed by atoms with van der Waals surface area (Å²) in [6, 6.07) is 0. The van der Waals surface area contributed by atoms with E-state index in [1.165, 1.54) is 0 Å². The Kier molecular flexibility index (Phi) is 4.64. The molecular formula is C11H20BNO2. The summed E-state index contributed by atoms with van der Waals surface area (Å²) in [6.07, 6.45) is 7.01. The van der Waals surface area contributed by atoms with Crippen LogP contribution in [0.2, 0.25) is 6.32 Å². The monoisotopic (exact) mass is 209 g/mol. The molecule has 3 N–H and O–H groups in total. The highest BCUT2D eigenvalue weighted by Gasteiger charge is 2.42. The fourth-order valence-corrected chi connectivity index (χ4v) is 2.49. The van der Waals surface area contributed by atoms with E-state index < -0.39 is 11.5 Å². The van der Waals surface area contributed by atoms with E-state index in [2.05, 4.69) is 0 Å². The molecule has 1 aliphatic carbocycles. The van der Waals surface area contributed by atoms with E-state index in [4.69, 9.17) is 13.6 Å². The Labute approximate surface area is 92.8 Å². The van der Waals surface area contributed by atoms with Crippen LogP contribution in [0.5, 0.6) is 0 Å². The van der Waals surface area contributed by atoms with E-state index in [0.29, 0.717) is 12.7 Å². The molecule has 1 aliphatic rings. The van der Waals surface area contributed by atoms with Crippen LogP contribution >= 0.6 is 0 Å². The van der Waals surface area contributed by atoms with Crippen molar-refractivity contribution in [1.29, 1.82) is 0 Å². The third kappa shape index (κ3) is 2.97. The zero-order valence-corrected chi connectivity index (χ0v) is 9.24. The van der Waals surface area contributed by atoms with Gasteiger partial charge in [-0.05, 0) is 25.2 Å². The first-order valence-electron chi connectivity index (χ1n) is 5.83. The van der Waals surface area contributed by atoms with E-state index in [1.54, 1.807) is 0 Å². The number of carboxylic acids is 1. The average Bonchev–Trinajstić information content (AvgIpc) is 2.70. The molecule has 0 spiro atoms. The van der Waals surface area contributed by atoms with E-state index in [1.807, 2.05) is 0 Å². The summed E-state index contributed by atoms with van der Waals surface area (Å²) in [5, 5.41) is 9.24. The van der Waals surface area contributed by atoms with Gasteiger partial charge >= 0.3 is 5.97 Å². The van der Waals surface area contributed by atoms with Crippen LogP contribution in [-0.2, 0) is 4.79 Å². The van der Waals surface area contributed by atoms with E-state index in [9.17, 15) is 9.90 Å². The normalized spacial score (nSPS) is 21.4. The summed E-state index contributed by atoms with van der Waals surface area (Å²) in [4.78, 5) is 11.2. The molecule has 0 aromatic carbocycles. The van der Waals surface area contributed by atoms with Crippen molar-refractivity contribution in [3.63, 3.8) is 0 Å². The van der Waals surface area contributed by atoms with E-state index in [0.717, 1.165) is 38.5 Å². The van der Waals surface area contributed by atoms with Crippen LogP contribution in [0.15, 0.2) is 0 Å². The van der Waals surface area contributed by atoms with Crippen LogP contribution in [0.1, 0.15) is 44.9 Å². The van der Waals surface area contributed by atoms with Crippen molar-refractivity contribution in [1.82, 2.24) is 0 Å². The molecule has 15 heavy (non-hydrogen) atoms. The smallest absolute Gasteiger partial charge is 0.323 e. The maximum atomic E-state index is 11.2. The Morgan fingerprint density at radius 1 is 1.40 bits per heavy atom. The summed E-state index contributed by atoms with van der Waals surface area (Å²) in [7, 11) is 5.40. The zero-order chi connectivity index (χ0) is 11.3. The lowest BCUT2D eigenvalue weighted by Crippen LogP contribution is -2.53. The van der Waals surface area contributed by atoms with Gasteiger partial charge in [0.15, 0.2) is 0 Å². The van der Waals surface area contributed by atoms with Crippen LogP contribution in [0.4, 0.5) is 0 Å². The SMILES string of the molecule is [B]CCCCC(N)(C(=O)O)C1CCCC1. The number of hydrogen-bond donors (Lipinski definition) is 2. The molecule has 0 aliphatic heterocycles. The van der Waals surface area contributed by atoms with Crippen molar-refractivity contribution >= 4 is 13.8 Å². The summed E-state index contributed by atoms with van der Waals surface area (Å²) < 4.78 is 0. The summed E-state index contributed by atoms with van der Waals surface area (Å²) >= 11 is 0. The number of rotatable bonds is 6. The molecule has 1 atom stereocenters. The number of hydrogen-bond acceptors (Lipinski definition) is 2. The largest absolute Gasteiger partial charge is 0.480 e. The Balaban J connectivity index is 2.56. The lowest BCUT2D eigenvalue weighted by atomic mass is 9.79. The summed E-state index contributed by atoms with van der Waals surface area (Å²) in [6.45, 7) is 0. The maximum absolute atomic E-state index is 11.2. The molecule has 0 heterocycles. The van der Waals surface area contributed by atoms with Gasteiger partial charge in [0.25, 0.3) is 0 Å². The zero-order valence-electron chi connectivity index (χ0n) is 9.24. The number of nitrogens with two attached hydrogens (primary N) is 1. The molecule has 84 valence electrons. The average molecular weight is 209 g/mol. The third-order valence-corrected chi connectivity index (χ3v) is 3.53. The summed E-state index contributed by atoms with van der Waals surface area (Å²) in [5.74, 6) is -0.681. The second-order valence-corrected chi connectivity index (χ2v) is 4.57. The number of unbranched alkanes of at least 4 members (excludes halogenated alkanes) is 1. The lowest BCUT2D eigenvalue weighted by molar-refractivity contribution is -0.146. The fraction of sp³-hybridized carbons (Fsp3) is 0.909. The van der Waals surface area contributed by atoms with Crippen LogP contribution in [0, 0.1) is 5.92 Å². The van der Waals surface area contributed by atoms with Crippen LogP contribution < -0.4 is 5.73 Å². The van der Waals surface area contributed by atoms with Gasteiger partial charge in [-0.1, -0.05) is 32.0 Å². The van der Waals surface area contributed by atoms with Crippen LogP contribution in [-0.4, -0.2) is 24.5 Å². The molecule has 2 radical (unpaired) electrons. The first-order valence-corrected chi connectivity index (χ1v) is 5.83. The Hall–Kier alpha value is -0.505. The van der Waals surface area contributed by atoms with Crippen LogP contribution in [0.3, 0.4) is 0 Å². The van der Waals surface area contributed by atoms with Crippen molar-refractivity contribution in [2.24, 2.45) is 11.7 Å². The van der Waals surface area contributed by atoms with Gasteiger partial charge in [0.05, 0.1) is 7.85 Å². The topological polar surface area (TPSA) is 63.3 Å². The molecule has 0 bridgehead atoms. The first kappa shape index (κ1) is 12.6. The van der Waals surface area contributed by atoms with E-state index >= 15 is 0 Å². The number of aliphatic carboxylic acids is 1. The quantitative estimate of drug-likeness (QED) is 0.517. The number of carboxylic acid groups (broad SMARTS) is 1. The number of carbonyl (C=O) groups is 1. The molecule has 3 nitrogen and oxygen atoms in total. The third-order valence-electron chi connectivity index (χ3n) is 3.53. The van der Waals surface area contributed by atoms with Gasteiger partial charge in [-0.3, -0.25) is 4.79 Å². The molecular weight excluding hydrogens is 189 g/mol. The Morgan fingerprint density at radius 3 is 2.47 bits per heavy atom. The van der Waals surface area contributed by atoms with Gasteiger partial charge in [-0.15, -0.1) is 0 Å². The standard InChI is InChI=1S/C11H20BNO2/c12-8-4-3-7-11(13,10(14)15)9-5-1-2-6-9/h9H,1-8,13H2,(H,14,15). The minimum Gasteiger partial charge on any atom is -0.480 e. The second kappa shape index (κ2) is 5.54. The highest BCUT2D eigenvalue weighted by Crippen LogP contribution is 2.35. The molecule has 1 rings (SSSR count). The highest BCUT2D eigenvalue weighted by atomic mass is 16.4. The molecule has 4 heteroatoms. The molecule has 0 amide bonds. The van der Waals surface area contributed by atoms with Gasteiger partial charge in [0.1, 0.15) is 5.54 Å². The van der Waals surface area contributed by atoms with Crippen molar-refractivity contribution in [3.05, 3.63) is 0 Å². The molecule has 1 saturated carbocycles. The Morgan fingerprint density at radius 2 is 2.00 bits per heavy atom. The first-order chi connectivity index (χ1) is 7.11. The second-order valence-electron chi connectivity index (χ2n) is 4.57. The van der Waals surface area contributed by atoms with Gasteiger partial charge < -0.3 is 10.8 Å². The van der Waals surface area contributed by atoms with E-state index in [-0.39, 0.29) is 5.92 Å². The van der Waals surface area contributed by atoms with Crippen LogP contribution in [0.25, 0.3) is 0 Å². The summed E-state index contributed by atoms with van der Waals surface area (Å²) in [5.41, 5.74) is 5.04. The highest BCUT2D eigenvalue weighted by molar-refractivity contribution is 6.08. The van der Waals surface area contributed by atoms with Crippen molar-refractivity contribution in [2.75, 3.05) is 0 Å². The fourth-order valence-electron chi connectivity index (χ4n) is 2.49. The maximum Gasteiger partial charge on any atom is 0.323 e. The van der Waals surface area contributed by atoms with Crippen molar-refractivity contribution in [3.8, 4) is 0 Å². The van der Waals surface area contributed by atoms with Gasteiger partial charge in [0, 0.05) is 0 Å². The lowest BCUT2D eigenvalue weighted by Gasteiger charge is -2.31. The van der Waals surface area contributed by atoms with Crippen molar-refractivity contribution in [2.45, 2.75) is 56.8 Å². The molecule has 1 fully saturated rings. The Bertz CT molecular complexity index is 217. The van der Waals surface area contributed by atoms with Crippen molar-refractivity contribution < 1.29 is 9.90 Å². The minimum absolute atomic E-state index is 0.160. The molecule has 0 saturated heterocycles. The molecule has 1 unspecified atom stereocenters. The van der Waals surface area contributed by atoms with Gasteiger partial charge in [-0.2, -0.15) is 0 Å². The predicted octanol–water partition coefficient (Wildman–Crippen LogP) is 1.72. The van der Waals surface area contributed by atoms with Gasteiger partial charge in [-0.25, -0.2) is 0 Å².